The molecule has 0 aliphatic carbocycles. The Bertz CT molecular complexity index is 1510. The minimum Gasteiger partial charge on any atom is -0.457 e. The fourth-order valence-electron chi connectivity index (χ4n) is 3.93. The van der Waals surface area contributed by atoms with Gasteiger partial charge in [0.25, 0.3) is 0 Å². The molecule has 0 saturated heterocycles. The van der Waals surface area contributed by atoms with E-state index in [9.17, 15) is 17.6 Å². The third kappa shape index (κ3) is 7.93. The number of hydrogen-bond donors (Lipinski definition) is 0. The predicted octanol–water partition coefficient (Wildman–Crippen LogP) is 7.43. The summed E-state index contributed by atoms with van der Waals surface area (Å²) in [4.78, 5) is 14.8. The van der Waals surface area contributed by atoms with E-state index in [2.05, 4.69) is 0 Å². The number of ether oxygens (including phenoxy) is 2. The van der Waals surface area contributed by atoms with Crippen molar-refractivity contribution >= 4 is 15.9 Å². The molecule has 0 unspecified atom stereocenters. The van der Waals surface area contributed by atoms with Gasteiger partial charge in [-0.05, 0) is 99.0 Å². The summed E-state index contributed by atoms with van der Waals surface area (Å²) < 4.78 is 50.7. The highest BCUT2D eigenvalue weighted by atomic mass is 32.2. The molecule has 4 aromatic carbocycles. The van der Waals surface area contributed by atoms with E-state index in [1.165, 1.54) is 36.4 Å². The summed E-state index contributed by atoms with van der Waals surface area (Å²) in [5.74, 6) is 0.514. The summed E-state index contributed by atoms with van der Waals surface area (Å²) in [5, 5.41) is 0. The fourth-order valence-corrected chi connectivity index (χ4v) is 5.19. The molecular formula is C32H32FNO5S. The van der Waals surface area contributed by atoms with Gasteiger partial charge in [-0.15, -0.1) is 0 Å². The number of carbonyl (C=O) groups is 1. The maximum Gasteiger partial charge on any atom is 0.410 e. The predicted molar refractivity (Wildman–Crippen MR) is 152 cm³/mol. The molecule has 0 saturated carbocycles. The lowest BCUT2D eigenvalue weighted by Gasteiger charge is -2.27. The van der Waals surface area contributed by atoms with Gasteiger partial charge in [0, 0.05) is 13.1 Å². The Hall–Kier alpha value is -4.17. The van der Waals surface area contributed by atoms with Gasteiger partial charge in [0.05, 0.1) is 9.79 Å². The number of nitrogens with zero attached hydrogens (tertiary/aromatic N) is 1. The van der Waals surface area contributed by atoms with Crippen molar-refractivity contribution < 1.29 is 27.1 Å². The van der Waals surface area contributed by atoms with E-state index in [1.807, 2.05) is 51.1 Å². The molecule has 0 bridgehead atoms. The topological polar surface area (TPSA) is 72.9 Å². The van der Waals surface area contributed by atoms with Crippen molar-refractivity contribution in [2.45, 2.75) is 49.1 Å². The molecule has 0 aliphatic heterocycles. The molecule has 1 amide bonds. The molecule has 0 fully saturated rings. The molecule has 0 spiro atoms. The first-order valence-electron chi connectivity index (χ1n) is 12.9. The zero-order chi connectivity index (χ0) is 28.8. The number of hydrogen-bond acceptors (Lipinski definition) is 5. The van der Waals surface area contributed by atoms with Crippen molar-refractivity contribution in [2.75, 3.05) is 6.54 Å². The summed E-state index contributed by atoms with van der Waals surface area (Å²) in [6.45, 7) is 6.30. The first-order chi connectivity index (χ1) is 19.0. The molecule has 8 heteroatoms. The normalized spacial score (nSPS) is 11.6. The summed E-state index contributed by atoms with van der Waals surface area (Å²) >= 11 is 0. The van der Waals surface area contributed by atoms with Crippen LogP contribution in [0.3, 0.4) is 0 Å². The summed E-state index contributed by atoms with van der Waals surface area (Å²) in [7, 11) is -3.75. The summed E-state index contributed by atoms with van der Waals surface area (Å²) in [6.07, 6.45) is 0.129. The van der Waals surface area contributed by atoms with E-state index >= 15 is 0 Å². The number of amides is 1. The molecular weight excluding hydrogens is 529 g/mol. The van der Waals surface area contributed by atoms with Crippen molar-refractivity contribution in [1.29, 1.82) is 0 Å². The van der Waals surface area contributed by atoms with Gasteiger partial charge in [-0.2, -0.15) is 0 Å². The molecule has 0 aliphatic rings. The van der Waals surface area contributed by atoms with Gasteiger partial charge in [-0.3, -0.25) is 0 Å². The quantitative estimate of drug-likeness (QED) is 0.212. The van der Waals surface area contributed by atoms with E-state index in [1.54, 1.807) is 41.3 Å². The van der Waals surface area contributed by atoms with Crippen molar-refractivity contribution in [2.24, 2.45) is 0 Å². The molecule has 0 N–H and O–H groups in total. The summed E-state index contributed by atoms with van der Waals surface area (Å²) in [6, 6.07) is 28.0. The van der Waals surface area contributed by atoms with Crippen LogP contribution in [0, 0.1) is 5.82 Å². The lowest BCUT2D eigenvalue weighted by atomic mass is 10.1. The second kappa shape index (κ2) is 12.3. The van der Waals surface area contributed by atoms with Crippen LogP contribution in [0.4, 0.5) is 9.18 Å². The number of halogens is 1. The number of benzene rings is 4. The van der Waals surface area contributed by atoms with Gasteiger partial charge in [-0.1, -0.05) is 42.5 Å². The van der Waals surface area contributed by atoms with E-state index in [4.69, 9.17) is 9.47 Å². The first-order valence-corrected chi connectivity index (χ1v) is 14.4. The SMILES string of the molecule is CC(C)(C)OC(=O)N(CCc1ccc(S(=O)(=O)c2ccc(Oc3ccc(F)cc3)cc2)cc1)Cc1ccccc1. The Kier molecular flexibility index (Phi) is 8.90. The minimum atomic E-state index is -3.75. The second-order valence-corrected chi connectivity index (χ2v) is 12.3. The van der Waals surface area contributed by atoms with Crippen LogP contribution < -0.4 is 4.74 Å². The zero-order valence-electron chi connectivity index (χ0n) is 22.7. The highest BCUT2D eigenvalue weighted by Gasteiger charge is 2.23. The van der Waals surface area contributed by atoms with Crippen molar-refractivity contribution in [1.82, 2.24) is 4.90 Å². The second-order valence-electron chi connectivity index (χ2n) is 10.3. The average molecular weight is 562 g/mol. The molecule has 4 rings (SSSR count). The van der Waals surface area contributed by atoms with Gasteiger partial charge < -0.3 is 14.4 Å². The van der Waals surface area contributed by atoms with Gasteiger partial charge in [0.2, 0.25) is 9.84 Å². The molecule has 0 atom stereocenters. The van der Waals surface area contributed by atoms with Crippen LogP contribution >= 0.6 is 0 Å². The maximum absolute atomic E-state index is 13.2. The van der Waals surface area contributed by atoms with Crippen LogP contribution in [0.2, 0.25) is 0 Å². The number of carbonyl (C=O) groups excluding carboxylic acids is 1. The fraction of sp³-hybridized carbons (Fsp3) is 0.219. The average Bonchev–Trinajstić information content (AvgIpc) is 2.92. The van der Waals surface area contributed by atoms with Crippen molar-refractivity contribution in [3.05, 3.63) is 120 Å². The first kappa shape index (κ1) is 28.8. The Morgan fingerprint density at radius 1 is 0.750 bits per heavy atom. The summed E-state index contributed by atoms with van der Waals surface area (Å²) in [5.41, 5.74) is 1.26. The van der Waals surface area contributed by atoms with Crippen molar-refractivity contribution in [3.63, 3.8) is 0 Å². The third-order valence-electron chi connectivity index (χ3n) is 5.96. The Morgan fingerprint density at radius 3 is 1.82 bits per heavy atom. The molecule has 208 valence electrons. The third-order valence-corrected chi connectivity index (χ3v) is 7.74. The molecule has 0 heterocycles. The standard InChI is InChI=1S/C32H32FNO5S/c1-32(2,3)39-31(35)34(23-25-7-5-4-6-8-25)22-21-24-9-17-29(18-10-24)40(36,37)30-19-15-28(16-20-30)38-27-13-11-26(33)12-14-27/h4-20H,21-23H2,1-3H3. The van der Waals surface area contributed by atoms with E-state index in [0.717, 1.165) is 11.1 Å². The lowest BCUT2D eigenvalue weighted by molar-refractivity contribution is 0.0236. The van der Waals surface area contributed by atoms with Gasteiger partial charge >= 0.3 is 6.09 Å². The van der Waals surface area contributed by atoms with E-state index in [-0.39, 0.29) is 15.6 Å². The molecule has 6 nitrogen and oxygen atoms in total. The van der Waals surface area contributed by atoms with Crippen LogP contribution in [-0.4, -0.2) is 31.6 Å². The Labute approximate surface area is 234 Å². The molecule has 40 heavy (non-hydrogen) atoms. The van der Waals surface area contributed by atoms with Crippen LogP contribution in [-0.2, 0) is 27.5 Å². The highest BCUT2D eigenvalue weighted by Crippen LogP contribution is 2.26. The zero-order valence-corrected chi connectivity index (χ0v) is 23.5. The van der Waals surface area contributed by atoms with Crippen molar-refractivity contribution in [3.8, 4) is 11.5 Å². The van der Waals surface area contributed by atoms with Crippen LogP contribution in [0.25, 0.3) is 0 Å². The number of rotatable bonds is 9. The van der Waals surface area contributed by atoms with E-state index in [0.29, 0.717) is 31.0 Å². The van der Waals surface area contributed by atoms with Crippen LogP contribution in [0.1, 0.15) is 31.9 Å². The highest BCUT2D eigenvalue weighted by molar-refractivity contribution is 7.91. The van der Waals surface area contributed by atoms with Crippen LogP contribution in [0.5, 0.6) is 11.5 Å². The van der Waals surface area contributed by atoms with Crippen LogP contribution in [0.15, 0.2) is 113 Å². The van der Waals surface area contributed by atoms with Gasteiger partial charge in [0.1, 0.15) is 22.9 Å². The lowest BCUT2D eigenvalue weighted by Crippen LogP contribution is -2.37. The maximum atomic E-state index is 13.2. The monoisotopic (exact) mass is 561 g/mol. The van der Waals surface area contributed by atoms with Gasteiger partial charge in [0.15, 0.2) is 0 Å². The Morgan fingerprint density at radius 2 is 1.27 bits per heavy atom. The molecule has 0 radical (unpaired) electrons. The number of sulfone groups is 1. The van der Waals surface area contributed by atoms with Gasteiger partial charge in [-0.25, -0.2) is 17.6 Å². The smallest absolute Gasteiger partial charge is 0.410 e. The van der Waals surface area contributed by atoms with E-state index < -0.39 is 21.5 Å². The minimum absolute atomic E-state index is 0.130. The molecule has 0 aromatic heterocycles. The largest absolute Gasteiger partial charge is 0.457 e. The Balaban J connectivity index is 1.42. The molecule has 4 aromatic rings.